The Balaban J connectivity index is 2.08. The van der Waals surface area contributed by atoms with E-state index in [1.165, 1.54) is 0 Å². The molecule has 0 heterocycles. The summed E-state index contributed by atoms with van der Waals surface area (Å²) in [7, 11) is 1.66. The summed E-state index contributed by atoms with van der Waals surface area (Å²) in [5.74, 6) is 0.971. The smallest absolute Gasteiger partial charge is 0.338 e. The molecule has 6 heteroatoms. The van der Waals surface area contributed by atoms with Crippen molar-refractivity contribution in [3.05, 3.63) is 59.7 Å². The molecule has 0 aliphatic carbocycles. The number of ether oxygens (including phenoxy) is 2. The van der Waals surface area contributed by atoms with Crippen molar-refractivity contribution in [3.8, 4) is 5.75 Å². The fraction of sp³-hybridized carbons (Fsp3) is 0.364. The second-order valence-electron chi connectivity index (χ2n) is 6.86. The molecule has 0 aliphatic rings. The number of hydrogen-bond acceptors (Lipinski definition) is 4. The number of carbonyl (C=O) groups excluding carboxylic acids is 1. The molecule has 0 radical (unpaired) electrons. The van der Waals surface area contributed by atoms with Crippen LogP contribution in [-0.4, -0.2) is 24.8 Å². The monoisotopic (exact) mass is 400 g/mol. The van der Waals surface area contributed by atoms with Gasteiger partial charge < -0.3 is 20.1 Å². The lowest BCUT2D eigenvalue weighted by molar-refractivity contribution is 0.0526. The molecule has 0 spiro atoms. The van der Waals surface area contributed by atoms with E-state index < -0.39 is 0 Å². The second-order valence-corrected chi connectivity index (χ2v) is 7.26. The third kappa shape index (κ3) is 6.53. The maximum absolute atomic E-state index is 11.9. The molecule has 5 nitrogen and oxygen atoms in total. The van der Waals surface area contributed by atoms with E-state index in [1.807, 2.05) is 30.3 Å². The predicted octanol–water partition coefficient (Wildman–Crippen LogP) is 4.95. The first-order chi connectivity index (χ1) is 13.4. The van der Waals surface area contributed by atoms with E-state index >= 15 is 0 Å². The Morgan fingerprint density at radius 2 is 1.86 bits per heavy atom. The van der Waals surface area contributed by atoms with Crippen molar-refractivity contribution >= 4 is 29.0 Å². The average molecular weight is 401 g/mol. The molecule has 2 rings (SSSR count). The Morgan fingerprint density at radius 3 is 2.46 bits per heavy atom. The maximum atomic E-state index is 11.9. The summed E-state index contributed by atoms with van der Waals surface area (Å²) >= 11 is 5.51. The Morgan fingerprint density at radius 1 is 1.14 bits per heavy atom. The van der Waals surface area contributed by atoms with Gasteiger partial charge in [-0.2, -0.15) is 0 Å². The largest absolute Gasteiger partial charge is 0.497 e. The minimum atomic E-state index is -0.346. The van der Waals surface area contributed by atoms with Gasteiger partial charge in [0.25, 0.3) is 0 Å². The molecule has 28 heavy (non-hydrogen) atoms. The van der Waals surface area contributed by atoms with Crippen molar-refractivity contribution in [1.29, 1.82) is 0 Å². The quantitative estimate of drug-likeness (QED) is 0.483. The molecule has 2 N–H and O–H groups in total. The SMILES string of the molecule is CCOC(=O)c1cccc(NC(=S)N[C@H](CC(C)C)c2ccc(OC)cc2)c1. The minimum absolute atomic E-state index is 0.0687. The summed E-state index contributed by atoms with van der Waals surface area (Å²) in [6.45, 7) is 6.48. The van der Waals surface area contributed by atoms with E-state index in [2.05, 4.69) is 24.5 Å². The molecule has 1 atom stereocenters. The lowest BCUT2D eigenvalue weighted by Crippen LogP contribution is -2.33. The zero-order chi connectivity index (χ0) is 20.5. The fourth-order valence-electron chi connectivity index (χ4n) is 2.85. The summed E-state index contributed by atoms with van der Waals surface area (Å²) in [4.78, 5) is 11.9. The number of methoxy groups -OCH3 is 1. The molecule has 0 aromatic heterocycles. The lowest BCUT2D eigenvalue weighted by Gasteiger charge is -2.23. The van der Waals surface area contributed by atoms with E-state index in [4.69, 9.17) is 21.7 Å². The zero-order valence-corrected chi connectivity index (χ0v) is 17.6. The predicted molar refractivity (Wildman–Crippen MR) is 117 cm³/mol. The highest BCUT2D eigenvalue weighted by Gasteiger charge is 2.15. The second kappa shape index (κ2) is 10.7. The van der Waals surface area contributed by atoms with Crippen molar-refractivity contribution in [3.63, 3.8) is 0 Å². The van der Waals surface area contributed by atoms with Crippen LogP contribution in [0.3, 0.4) is 0 Å². The summed E-state index contributed by atoms with van der Waals surface area (Å²) in [6.07, 6.45) is 0.928. The highest BCUT2D eigenvalue weighted by molar-refractivity contribution is 7.80. The third-order valence-corrected chi connectivity index (χ3v) is 4.38. The van der Waals surface area contributed by atoms with Gasteiger partial charge in [-0.3, -0.25) is 0 Å². The van der Waals surface area contributed by atoms with Gasteiger partial charge in [-0.05, 0) is 67.4 Å². The van der Waals surface area contributed by atoms with Gasteiger partial charge in [-0.15, -0.1) is 0 Å². The average Bonchev–Trinajstić information content (AvgIpc) is 2.67. The van der Waals surface area contributed by atoms with Crippen LogP contribution >= 0.6 is 12.2 Å². The van der Waals surface area contributed by atoms with Gasteiger partial charge >= 0.3 is 5.97 Å². The van der Waals surface area contributed by atoms with Crippen molar-refractivity contribution in [1.82, 2.24) is 5.32 Å². The standard InChI is InChI=1S/C22H28N2O3S/c1-5-27-21(25)17-7-6-8-18(14-17)23-22(28)24-20(13-15(2)3)16-9-11-19(26-4)12-10-16/h6-12,14-15,20H,5,13H2,1-4H3,(H2,23,24,28)/t20-/m1/s1. The molecular formula is C22H28N2O3S. The molecule has 0 saturated heterocycles. The number of carbonyl (C=O) groups is 1. The van der Waals surface area contributed by atoms with Crippen LogP contribution in [0.2, 0.25) is 0 Å². The molecule has 0 saturated carbocycles. The Labute approximate surface area is 172 Å². The highest BCUT2D eigenvalue weighted by atomic mass is 32.1. The summed E-state index contributed by atoms with van der Waals surface area (Å²) < 4.78 is 10.3. The van der Waals surface area contributed by atoms with Crippen LogP contribution in [0.1, 0.15) is 49.2 Å². The van der Waals surface area contributed by atoms with Crippen LogP contribution in [0.15, 0.2) is 48.5 Å². The van der Waals surface area contributed by atoms with Crippen LogP contribution < -0.4 is 15.4 Å². The number of esters is 1. The summed E-state index contributed by atoms with van der Waals surface area (Å²) in [5, 5.41) is 7.05. The summed E-state index contributed by atoms with van der Waals surface area (Å²) in [6, 6.07) is 15.2. The van der Waals surface area contributed by atoms with Gasteiger partial charge in [-0.1, -0.05) is 32.0 Å². The van der Waals surface area contributed by atoms with Crippen molar-refractivity contribution < 1.29 is 14.3 Å². The normalized spacial score (nSPS) is 11.6. The molecule has 0 unspecified atom stereocenters. The van der Waals surface area contributed by atoms with E-state index in [-0.39, 0.29) is 12.0 Å². The van der Waals surface area contributed by atoms with Gasteiger partial charge in [0, 0.05) is 5.69 Å². The number of nitrogens with one attached hydrogen (secondary N) is 2. The van der Waals surface area contributed by atoms with Crippen LogP contribution in [0.5, 0.6) is 5.75 Å². The van der Waals surface area contributed by atoms with E-state index in [0.717, 1.165) is 23.4 Å². The van der Waals surface area contributed by atoms with E-state index in [9.17, 15) is 4.79 Å². The van der Waals surface area contributed by atoms with E-state index in [1.54, 1.807) is 32.2 Å². The Bertz CT molecular complexity index is 791. The first kappa shape index (κ1) is 21.7. The molecular weight excluding hydrogens is 372 g/mol. The molecule has 0 bridgehead atoms. The van der Waals surface area contributed by atoms with Gasteiger partial charge in [0.2, 0.25) is 0 Å². The Kier molecular flexibility index (Phi) is 8.26. The van der Waals surface area contributed by atoms with Gasteiger partial charge in [-0.25, -0.2) is 4.79 Å². The van der Waals surface area contributed by atoms with Crippen LogP contribution in [-0.2, 0) is 4.74 Å². The van der Waals surface area contributed by atoms with Crippen LogP contribution in [0.25, 0.3) is 0 Å². The molecule has 0 aliphatic heterocycles. The van der Waals surface area contributed by atoms with Gasteiger partial charge in [0.05, 0.1) is 25.3 Å². The number of hydrogen-bond donors (Lipinski definition) is 2. The molecule has 0 amide bonds. The number of benzene rings is 2. The summed E-state index contributed by atoms with van der Waals surface area (Å²) in [5.41, 5.74) is 2.36. The highest BCUT2D eigenvalue weighted by Crippen LogP contribution is 2.24. The topological polar surface area (TPSA) is 59.6 Å². The van der Waals surface area contributed by atoms with Crippen LogP contribution in [0.4, 0.5) is 5.69 Å². The van der Waals surface area contributed by atoms with E-state index in [0.29, 0.717) is 23.2 Å². The molecule has 0 fully saturated rings. The van der Waals surface area contributed by atoms with Crippen molar-refractivity contribution in [2.24, 2.45) is 5.92 Å². The number of anilines is 1. The van der Waals surface area contributed by atoms with Crippen LogP contribution in [0, 0.1) is 5.92 Å². The van der Waals surface area contributed by atoms with Crippen molar-refractivity contribution in [2.45, 2.75) is 33.2 Å². The number of rotatable bonds is 8. The third-order valence-electron chi connectivity index (χ3n) is 4.16. The Hall–Kier alpha value is -2.60. The van der Waals surface area contributed by atoms with Crippen molar-refractivity contribution in [2.75, 3.05) is 19.0 Å². The molecule has 2 aromatic carbocycles. The molecule has 2 aromatic rings. The minimum Gasteiger partial charge on any atom is -0.497 e. The zero-order valence-electron chi connectivity index (χ0n) is 16.8. The van der Waals surface area contributed by atoms with Gasteiger partial charge in [0.15, 0.2) is 5.11 Å². The maximum Gasteiger partial charge on any atom is 0.338 e. The lowest BCUT2D eigenvalue weighted by atomic mass is 9.97. The number of thiocarbonyl (C=S) groups is 1. The molecule has 150 valence electrons. The first-order valence-electron chi connectivity index (χ1n) is 9.41. The van der Waals surface area contributed by atoms with Gasteiger partial charge in [0.1, 0.15) is 5.75 Å². The fourth-order valence-corrected chi connectivity index (χ4v) is 3.11. The first-order valence-corrected chi connectivity index (χ1v) is 9.82.